The Hall–Kier alpha value is 0.456. The van der Waals surface area contributed by atoms with Crippen LogP contribution in [0.3, 0.4) is 0 Å². The number of hydrogen-bond donors (Lipinski definition) is 0. The Morgan fingerprint density at radius 2 is 2.26 bits per heavy atom. The van der Waals surface area contributed by atoms with Gasteiger partial charge >= 0.3 is 51.4 Å². The number of rotatable bonds is 3. The molecule has 1 atom stereocenters. The second-order valence-corrected chi connectivity index (χ2v) is 4.98. The van der Waals surface area contributed by atoms with Crippen LogP contribution >= 0.6 is 0 Å². The number of morpholine rings is 1. The average molecular weight is 290 g/mol. The number of amides is 1. The number of nitrogens with zero attached hydrogens (tertiary/aromatic N) is 2. The van der Waals surface area contributed by atoms with Gasteiger partial charge in [0.1, 0.15) is 0 Å². The van der Waals surface area contributed by atoms with Crippen molar-refractivity contribution < 1.29 is 60.9 Å². The molecular weight excluding hydrogens is 267 g/mol. The van der Waals surface area contributed by atoms with E-state index >= 15 is 0 Å². The molecule has 19 heavy (non-hydrogen) atoms. The van der Waals surface area contributed by atoms with Crippen molar-refractivity contribution in [3.8, 4) is 11.8 Å². The van der Waals surface area contributed by atoms with Gasteiger partial charge in [-0.1, -0.05) is 25.7 Å². The molecule has 1 heterocycles. The molecule has 0 aromatic carbocycles. The molecule has 0 aromatic rings. The Bertz CT molecular complexity index is 336. The van der Waals surface area contributed by atoms with Crippen molar-refractivity contribution in [3.05, 3.63) is 6.92 Å². The Balaban J connectivity index is 0.00000324. The van der Waals surface area contributed by atoms with E-state index in [1.54, 1.807) is 11.9 Å². The third-order valence-electron chi connectivity index (χ3n) is 2.82. The summed E-state index contributed by atoms with van der Waals surface area (Å²) >= 11 is 0. The van der Waals surface area contributed by atoms with E-state index in [0.717, 1.165) is 19.6 Å². The van der Waals surface area contributed by atoms with Crippen LogP contribution in [0.25, 0.3) is 0 Å². The summed E-state index contributed by atoms with van der Waals surface area (Å²) < 4.78 is 5.64. The van der Waals surface area contributed by atoms with Crippen LogP contribution in [0.5, 0.6) is 0 Å². The van der Waals surface area contributed by atoms with Crippen LogP contribution in [0.2, 0.25) is 0 Å². The summed E-state index contributed by atoms with van der Waals surface area (Å²) in [5, 5.41) is 0. The van der Waals surface area contributed by atoms with Gasteiger partial charge in [0.25, 0.3) is 0 Å². The summed E-state index contributed by atoms with van der Waals surface area (Å²) in [6, 6.07) is 0. The van der Waals surface area contributed by atoms with E-state index in [9.17, 15) is 4.79 Å². The maximum absolute atomic E-state index is 11.1. The molecule has 1 amide bonds. The van der Waals surface area contributed by atoms with E-state index in [0.29, 0.717) is 19.1 Å². The molecule has 0 bridgehead atoms. The molecule has 0 N–H and O–H groups in total. The number of carbonyl (C=O) groups is 1. The first-order valence-corrected chi connectivity index (χ1v) is 6.38. The topological polar surface area (TPSA) is 32.8 Å². The van der Waals surface area contributed by atoms with Crippen molar-refractivity contribution in [3.63, 3.8) is 0 Å². The largest absolute Gasteiger partial charge is 1.00 e. The summed E-state index contributed by atoms with van der Waals surface area (Å²) in [6.07, 6.45) is 0.0651. The fourth-order valence-electron chi connectivity index (χ4n) is 1.80. The van der Waals surface area contributed by atoms with E-state index < -0.39 is 0 Å². The average Bonchev–Trinajstić information content (AvgIpc) is 2.28. The van der Waals surface area contributed by atoms with Gasteiger partial charge in [-0.25, -0.2) is 0 Å². The van der Waals surface area contributed by atoms with Gasteiger partial charge in [0.05, 0.1) is 25.2 Å². The SMILES string of the molecule is [CH2-]C(=O)N(C)CC1CN(CC#CC(C)C)CCO1.[K+]. The molecule has 1 fully saturated rings. The molecule has 0 saturated carbocycles. The summed E-state index contributed by atoms with van der Waals surface area (Å²) in [4.78, 5) is 14.9. The van der Waals surface area contributed by atoms with Crippen molar-refractivity contribution in [2.24, 2.45) is 5.92 Å². The van der Waals surface area contributed by atoms with Crippen LogP contribution in [0.4, 0.5) is 0 Å². The molecule has 0 aromatic heterocycles. The number of hydrogen-bond acceptors (Lipinski definition) is 3. The Labute approximate surface area is 159 Å². The quantitative estimate of drug-likeness (QED) is 0.331. The van der Waals surface area contributed by atoms with Gasteiger partial charge in [0.2, 0.25) is 0 Å². The van der Waals surface area contributed by atoms with E-state index in [2.05, 4.69) is 37.5 Å². The Morgan fingerprint density at radius 1 is 1.58 bits per heavy atom. The maximum Gasteiger partial charge on any atom is 1.00 e. The van der Waals surface area contributed by atoms with Crippen molar-refractivity contribution in [2.75, 3.05) is 39.8 Å². The molecule has 1 aliphatic rings. The molecule has 4 nitrogen and oxygen atoms in total. The molecule has 1 rings (SSSR count). The number of likely N-dealkylation sites (N-methyl/N-ethyl adjacent to an activating group) is 1. The van der Waals surface area contributed by atoms with Crippen LogP contribution in [0, 0.1) is 24.7 Å². The maximum atomic E-state index is 11.1. The minimum atomic E-state index is -0.171. The fourth-order valence-corrected chi connectivity index (χ4v) is 1.80. The number of carbonyl (C=O) groups excluding carboxylic acids is 1. The molecule has 1 unspecified atom stereocenters. The smallest absolute Gasteiger partial charge is 0.374 e. The molecule has 1 saturated heterocycles. The first kappa shape index (κ1) is 19.5. The van der Waals surface area contributed by atoms with Gasteiger partial charge in [0.15, 0.2) is 0 Å². The zero-order valence-electron chi connectivity index (χ0n) is 12.6. The van der Waals surface area contributed by atoms with Gasteiger partial charge < -0.3 is 21.4 Å². The summed E-state index contributed by atoms with van der Waals surface area (Å²) in [5.74, 6) is 6.58. The van der Waals surface area contributed by atoms with Crippen LogP contribution in [0.15, 0.2) is 0 Å². The Kier molecular flexibility index (Phi) is 10.5. The first-order valence-electron chi connectivity index (χ1n) is 6.38. The fraction of sp³-hybridized carbons (Fsp3) is 0.714. The van der Waals surface area contributed by atoms with E-state index in [-0.39, 0.29) is 63.4 Å². The summed E-state index contributed by atoms with van der Waals surface area (Å²) in [6.45, 7) is 11.4. The van der Waals surface area contributed by atoms with Gasteiger partial charge in [-0.15, -0.1) is 0 Å². The van der Waals surface area contributed by atoms with Crippen LogP contribution in [-0.4, -0.2) is 61.6 Å². The second-order valence-electron chi connectivity index (χ2n) is 4.98. The monoisotopic (exact) mass is 290 g/mol. The summed E-state index contributed by atoms with van der Waals surface area (Å²) in [7, 11) is 1.75. The number of ether oxygens (including phenoxy) is 1. The minimum Gasteiger partial charge on any atom is -0.374 e. The second kappa shape index (κ2) is 10.2. The normalized spacial score (nSPS) is 19.3. The van der Waals surface area contributed by atoms with Crippen molar-refractivity contribution in [2.45, 2.75) is 20.0 Å². The van der Waals surface area contributed by atoms with Crippen molar-refractivity contribution in [1.29, 1.82) is 0 Å². The third kappa shape index (κ3) is 8.36. The molecule has 0 aliphatic carbocycles. The first-order chi connectivity index (χ1) is 8.49. The van der Waals surface area contributed by atoms with Gasteiger partial charge in [-0.2, -0.15) is 0 Å². The van der Waals surface area contributed by atoms with E-state index in [1.807, 2.05) is 0 Å². The predicted molar refractivity (Wildman–Crippen MR) is 71.8 cm³/mol. The van der Waals surface area contributed by atoms with Gasteiger partial charge in [-0.3, -0.25) is 4.90 Å². The minimum absolute atomic E-state index is 0. The van der Waals surface area contributed by atoms with Crippen LogP contribution in [0.1, 0.15) is 13.8 Å². The molecule has 102 valence electrons. The van der Waals surface area contributed by atoms with Crippen LogP contribution < -0.4 is 51.4 Å². The molecule has 5 heteroatoms. The van der Waals surface area contributed by atoms with Gasteiger partial charge in [-0.05, 0) is 0 Å². The predicted octanol–water partition coefficient (Wildman–Crippen LogP) is -2.36. The molecule has 0 spiro atoms. The molecule has 1 aliphatic heterocycles. The van der Waals surface area contributed by atoms with E-state index in [1.165, 1.54) is 0 Å². The van der Waals surface area contributed by atoms with Gasteiger partial charge in [0, 0.05) is 32.6 Å². The zero-order chi connectivity index (χ0) is 13.5. The Morgan fingerprint density at radius 3 is 2.84 bits per heavy atom. The standard InChI is InChI=1S/C14H23N2O2.K/c1-12(2)6-5-7-16-8-9-18-14(11-16)10-15(4)13(3)17;/h12,14H,3,7-11H2,1-2,4H3;/q-1;+1. The van der Waals surface area contributed by atoms with E-state index in [4.69, 9.17) is 4.74 Å². The van der Waals surface area contributed by atoms with Crippen LogP contribution in [-0.2, 0) is 9.53 Å². The zero-order valence-corrected chi connectivity index (χ0v) is 15.7. The molecule has 0 radical (unpaired) electrons. The third-order valence-corrected chi connectivity index (χ3v) is 2.82. The van der Waals surface area contributed by atoms with Crippen molar-refractivity contribution >= 4 is 5.91 Å². The summed E-state index contributed by atoms with van der Waals surface area (Å²) in [5.41, 5.74) is 0. The molecular formula is C14H23KN2O2. The van der Waals surface area contributed by atoms with Crippen molar-refractivity contribution in [1.82, 2.24) is 9.80 Å².